The Bertz CT molecular complexity index is 503. The number of aryl methyl sites for hydroxylation is 1. The van der Waals surface area contributed by atoms with Gasteiger partial charge in [0.25, 0.3) is 0 Å². The topological polar surface area (TPSA) is 87.7 Å². The summed E-state index contributed by atoms with van der Waals surface area (Å²) in [6.07, 6.45) is 0. The minimum atomic E-state index is -0.747. The van der Waals surface area contributed by atoms with Gasteiger partial charge in [-0.2, -0.15) is 0 Å². The predicted molar refractivity (Wildman–Crippen MR) is 70.3 cm³/mol. The first-order valence-electron chi connectivity index (χ1n) is 5.90. The minimum Gasteiger partial charge on any atom is -0.409 e. The Kier molecular flexibility index (Phi) is 4.86. The number of nitrogens with one attached hydrogen (secondary N) is 1. The highest BCUT2D eigenvalue weighted by Gasteiger charge is 2.20. The zero-order chi connectivity index (χ0) is 14.6. The zero-order valence-corrected chi connectivity index (χ0v) is 11.1. The lowest BCUT2D eigenvalue weighted by Crippen LogP contribution is -2.38. The summed E-state index contributed by atoms with van der Waals surface area (Å²) in [6.45, 7) is 4.93. The van der Waals surface area contributed by atoms with E-state index in [1.54, 1.807) is 26.0 Å². The molecule has 0 heterocycles. The van der Waals surface area contributed by atoms with Gasteiger partial charge in [-0.1, -0.05) is 17.3 Å². The largest absolute Gasteiger partial charge is 0.409 e. The van der Waals surface area contributed by atoms with Crippen LogP contribution in [0.15, 0.2) is 23.4 Å². The summed E-state index contributed by atoms with van der Waals surface area (Å²) in [7, 11) is 0. The lowest BCUT2D eigenvalue weighted by molar-refractivity contribution is -0.123. The minimum absolute atomic E-state index is 0.167. The summed E-state index contributed by atoms with van der Waals surface area (Å²) in [5.74, 6) is -1.62. The molecule has 0 aliphatic carbocycles. The number of rotatable bonds is 4. The quantitative estimate of drug-likeness (QED) is 0.336. The van der Waals surface area contributed by atoms with E-state index in [9.17, 15) is 9.18 Å². The summed E-state index contributed by atoms with van der Waals surface area (Å²) in [6, 6.07) is 4.42. The van der Waals surface area contributed by atoms with E-state index in [1.807, 2.05) is 0 Å². The molecule has 0 aliphatic rings. The molecule has 19 heavy (non-hydrogen) atoms. The summed E-state index contributed by atoms with van der Waals surface area (Å²) in [4.78, 5) is 11.8. The van der Waals surface area contributed by atoms with Gasteiger partial charge in [0.1, 0.15) is 5.82 Å². The molecule has 1 aromatic carbocycles. The van der Waals surface area contributed by atoms with Gasteiger partial charge in [-0.05, 0) is 38.0 Å². The molecule has 0 radical (unpaired) electrons. The number of oxime groups is 1. The maximum absolute atomic E-state index is 13.4. The van der Waals surface area contributed by atoms with Gasteiger partial charge < -0.3 is 16.3 Å². The van der Waals surface area contributed by atoms with Crippen LogP contribution in [0.2, 0.25) is 0 Å². The van der Waals surface area contributed by atoms with E-state index >= 15 is 0 Å². The molecule has 0 bridgehead atoms. The van der Waals surface area contributed by atoms with Crippen molar-refractivity contribution >= 4 is 11.7 Å². The van der Waals surface area contributed by atoms with Gasteiger partial charge in [-0.3, -0.25) is 4.79 Å². The molecule has 2 atom stereocenters. The van der Waals surface area contributed by atoms with E-state index in [4.69, 9.17) is 10.9 Å². The Morgan fingerprint density at radius 3 is 2.63 bits per heavy atom. The Labute approximate surface area is 111 Å². The lowest BCUT2D eigenvalue weighted by atomic mass is 10.0. The normalized spacial score (nSPS) is 14.8. The summed E-state index contributed by atoms with van der Waals surface area (Å²) in [5.41, 5.74) is 6.56. The Morgan fingerprint density at radius 1 is 1.47 bits per heavy atom. The second-order valence-corrected chi connectivity index (χ2v) is 4.49. The fourth-order valence-corrected chi connectivity index (χ4v) is 1.52. The van der Waals surface area contributed by atoms with Gasteiger partial charge in [-0.25, -0.2) is 4.39 Å². The van der Waals surface area contributed by atoms with Crippen LogP contribution in [0.3, 0.4) is 0 Å². The highest BCUT2D eigenvalue weighted by Crippen LogP contribution is 2.16. The Hall–Kier alpha value is -2.11. The third-order valence-electron chi connectivity index (χ3n) is 3.01. The van der Waals surface area contributed by atoms with Crippen LogP contribution < -0.4 is 11.1 Å². The zero-order valence-electron chi connectivity index (χ0n) is 11.1. The van der Waals surface area contributed by atoms with E-state index in [0.29, 0.717) is 11.1 Å². The highest BCUT2D eigenvalue weighted by molar-refractivity contribution is 6.01. The van der Waals surface area contributed by atoms with E-state index in [1.165, 1.54) is 13.0 Å². The number of hydrogen-bond acceptors (Lipinski definition) is 3. The number of nitrogens with zero attached hydrogens (tertiary/aromatic N) is 1. The predicted octanol–water partition coefficient (Wildman–Crippen LogP) is 1.69. The molecule has 0 saturated heterocycles. The fourth-order valence-electron chi connectivity index (χ4n) is 1.52. The number of hydrogen-bond donors (Lipinski definition) is 3. The van der Waals surface area contributed by atoms with E-state index in [0.717, 1.165) is 0 Å². The molecular formula is C13H18FN3O2. The molecule has 1 aromatic rings. The Balaban J connectivity index is 2.76. The van der Waals surface area contributed by atoms with Crippen LogP contribution in [0, 0.1) is 18.7 Å². The van der Waals surface area contributed by atoms with E-state index in [2.05, 4.69) is 10.5 Å². The smallest absolute Gasteiger partial charge is 0.231 e. The second kappa shape index (κ2) is 6.17. The van der Waals surface area contributed by atoms with Gasteiger partial charge in [0, 0.05) is 0 Å². The van der Waals surface area contributed by atoms with Crippen molar-refractivity contribution in [3.63, 3.8) is 0 Å². The number of amidine groups is 1. The average Bonchev–Trinajstić information content (AvgIpc) is 2.39. The van der Waals surface area contributed by atoms with Crippen LogP contribution >= 0.6 is 0 Å². The van der Waals surface area contributed by atoms with E-state index in [-0.39, 0.29) is 23.6 Å². The molecule has 104 valence electrons. The van der Waals surface area contributed by atoms with Gasteiger partial charge >= 0.3 is 0 Å². The van der Waals surface area contributed by atoms with Crippen LogP contribution in [-0.2, 0) is 4.79 Å². The van der Waals surface area contributed by atoms with Crippen LogP contribution in [-0.4, -0.2) is 17.0 Å². The molecule has 2 unspecified atom stereocenters. The summed E-state index contributed by atoms with van der Waals surface area (Å²) >= 11 is 0. The molecular weight excluding hydrogens is 249 g/mol. The SMILES string of the molecule is Cc1ccc(C(C)NC(=O)C(C)C(N)=NO)cc1F. The van der Waals surface area contributed by atoms with Crippen molar-refractivity contribution in [3.8, 4) is 0 Å². The second-order valence-electron chi connectivity index (χ2n) is 4.49. The van der Waals surface area contributed by atoms with Crippen molar-refractivity contribution < 1.29 is 14.4 Å². The number of nitrogens with two attached hydrogens (primary N) is 1. The first-order valence-corrected chi connectivity index (χ1v) is 5.90. The van der Waals surface area contributed by atoms with Gasteiger partial charge in [0.05, 0.1) is 12.0 Å². The number of benzene rings is 1. The van der Waals surface area contributed by atoms with Crippen molar-refractivity contribution in [2.45, 2.75) is 26.8 Å². The van der Waals surface area contributed by atoms with Crippen molar-refractivity contribution in [2.75, 3.05) is 0 Å². The van der Waals surface area contributed by atoms with Gasteiger partial charge in [0.2, 0.25) is 5.91 Å². The molecule has 0 aliphatic heterocycles. The fraction of sp³-hybridized carbons (Fsp3) is 0.385. The van der Waals surface area contributed by atoms with Crippen molar-refractivity contribution in [1.29, 1.82) is 0 Å². The molecule has 0 aromatic heterocycles. The first-order chi connectivity index (χ1) is 8.86. The molecule has 0 saturated carbocycles. The van der Waals surface area contributed by atoms with Crippen LogP contribution in [0.5, 0.6) is 0 Å². The van der Waals surface area contributed by atoms with Crippen molar-refractivity contribution in [3.05, 3.63) is 35.1 Å². The highest BCUT2D eigenvalue weighted by atomic mass is 19.1. The number of halogens is 1. The van der Waals surface area contributed by atoms with Crippen molar-refractivity contribution in [2.24, 2.45) is 16.8 Å². The maximum Gasteiger partial charge on any atom is 0.231 e. The maximum atomic E-state index is 13.4. The number of carbonyl (C=O) groups excluding carboxylic acids is 1. The van der Waals surface area contributed by atoms with Crippen LogP contribution in [0.25, 0.3) is 0 Å². The molecule has 0 fully saturated rings. The lowest BCUT2D eigenvalue weighted by Gasteiger charge is -2.17. The molecule has 5 nitrogen and oxygen atoms in total. The molecule has 0 spiro atoms. The van der Waals surface area contributed by atoms with Gasteiger partial charge in [-0.15, -0.1) is 0 Å². The Morgan fingerprint density at radius 2 is 2.11 bits per heavy atom. The van der Waals surface area contributed by atoms with Gasteiger partial charge in [0.15, 0.2) is 5.84 Å². The standard InChI is InChI=1S/C13H18FN3O2/c1-7-4-5-10(6-11(7)14)9(3)16-13(18)8(2)12(15)17-19/h4-6,8-9,19H,1-3H3,(H2,15,17)(H,16,18). The summed E-state index contributed by atoms with van der Waals surface area (Å²) < 4.78 is 13.4. The average molecular weight is 267 g/mol. The molecule has 6 heteroatoms. The first kappa shape index (κ1) is 14.9. The third-order valence-corrected chi connectivity index (χ3v) is 3.01. The number of carbonyl (C=O) groups is 1. The van der Waals surface area contributed by atoms with Crippen LogP contribution in [0.1, 0.15) is 31.0 Å². The molecule has 4 N–H and O–H groups in total. The molecule has 1 rings (SSSR count). The van der Waals surface area contributed by atoms with E-state index < -0.39 is 5.92 Å². The summed E-state index contributed by atoms with van der Waals surface area (Å²) in [5, 5.41) is 14.0. The van der Waals surface area contributed by atoms with Crippen LogP contribution in [0.4, 0.5) is 4.39 Å². The monoisotopic (exact) mass is 267 g/mol. The molecule has 1 amide bonds. The van der Waals surface area contributed by atoms with Crippen molar-refractivity contribution in [1.82, 2.24) is 5.32 Å². The number of amides is 1. The third kappa shape index (κ3) is 3.67.